The van der Waals surface area contributed by atoms with Gasteiger partial charge in [-0.05, 0) is 25.1 Å². The molecule has 0 amide bonds. The number of fused-ring (bicyclic) bond motifs is 1. The van der Waals surface area contributed by atoms with Crippen LogP contribution in [0.1, 0.15) is 10.7 Å². The lowest BCUT2D eigenvalue weighted by atomic mass is 10.3. The summed E-state index contributed by atoms with van der Waals surface area (Å²) in [5.41, 5.74) is 8.87. The van der Waals surface area contributed by atoms with Crippen LogP contribution in [0.3, 0.4) is 0 Å². The topological polar surface area (TPSA) is 56.7 Å². The lowest BCUT2D eigenvalue weighted by Gasteiger charge is -2.04. The lowest BCUT2D eigenvalue weighted by Crippen LogP contribution is -2.05. The third-order valence-electron chi connectivity index (χ3n) is 2.96. The Balaban J connectivity index is 1.90. The zero-order chi connectivity index (χ0) is 13.4. The summed E-state index contributed by atoms with van der Waals surface area (Å²) in [6, 6.07) is 5.64. The Morgan fingerprint density at radius 2 is 2.21 bits per heavy atom. The summed E-state index contributed by atoms with van der Waals surface area (Å²) in [6.07, 6.45) is 0.858. The molecule has 2 N–H and O–H groups in total. The summed E-state index contributed by atoms with van der Waals surface area (Å²) < 4.78 is 2.00. The maximum absolute atomic E-state index is 5.96. The minimum Gasteiger partial charge on any atom is -0.369 e. The average Bonchev–Trinajstić information content (AvgIpc) is 2.89. The molecule has 3 rings (SSSR count). The van der Waals surface area contributed by atoms with Gasteiger partial charge in [0.25, 0.3) is 0 Å². The normalized spacial score (nSPS) is 11.3. The molecular formula is C13H13ClN4S. The molecule has 0 spiro atoms. The minimum atomic E-state index is 0.519. The van der Waals surface area contributed by atoms with Gasteiger partial charge in [-0.25, -0.2) is 9.97 Å². The lowest BCUT2D eigenvalue weighted by molar-refractivity contribution is 0.721. The number of rotatable bonds is 3. The second-order valence-corrected chi connectivity index (χ2v) is 5.77. The van der Waals surface area contributed by atoms with Gasteiger partial charge in [-0.3, -0.25) is 0 Å². The third-order valence-corrected chi connectivity index (χ3v) is 4.22. The standard InChI is InChI=1S/C13H13ClN4S/c1-8-7-19-12(16-8)4-5-18-11-3-2-9(14)6-10(11)17-13(18)15/h2-3,6-7H,4-5H2,1H3,(H2,15,17). The zero-order valence-electron chi connectivity index (χ0n) is 10.4. The number of thiazole rings is 1. The van der Waals surface area contributed by atoms with E-state index in [9.17, 15) is 0 Å². The van der Waals surface area contributed by atoms with E-state index in [1.54, 1.807) is 11.3 Å². The number of imidazole rings is 1. The van der Waals surface area contributed by atoms with Gasteiger partial charge in [0.15, 0.2) is 0 Å². The molecule has 1 aromatic carbocycles. The number of benzene rings is 1. The van der Waals surface area contributed by atoms with E-state index >= 15 is 0 Å². The van der Waals surface area contributed by atoms with Crippen LogP contribution in [-0.2, 0) is 13.0 Å². The van der Waals surface area contributed by atoms with Crippen molar-refractivity contribution in [1.82, 2.24) is 14.5 Å². The Morgan fingerprint density at radius 3 is 2.95 bits per heavy atom. The first kappa shape index (κ1) is 12.4. The van der Waals surface area contributed by atoms with E-state index in [1.165, 1.54) is 0 Å². The summed E-state index contributed by atoms with van der Waals surface area (Å²) in [5.74, 6) is 0.519. The van der Waals surface area contributed by atoms with Crippen LogP contribution in [0, 0.1) is 6.92 Å². The van der Waals surface area contributed by atoms with E-state index in [1.807, 2.05) is 29.7 Å². The number of nitrogens with two attached hydrogens (primary N) is 1. The number of aryl methyl sites for hydroxylation is 3. The molecule has 0 bridgehead atoms. The fourth-order valence-electron chi connectivity index (χ4n) is 2.08. The molecule has 0 unspecified atom stereocenters. The molecule has 2 heterocycles. The van der Waals surface area contributed by atoms with Crippen molar-refractivity contribution < 1.29 is 0 Å². The van der Waals surface area contributed by atoms with E-state index in [2.05, 4.69) is 15.3 Å². The smallest absolute Gasteiger partial charge is 0.201 e. The predicted molar refractivity (Wildman–Crippen MR) is 79.7 cm³/mol. The fraction of sp³-hybridized carbons (Fsp3) is 0.231. The van der Waals surface area contributed by atoms with Gasteiger partial charge in [0.1, 0.15) is 0 Å². The molecule has 0 aliphatic heterocycles. The van der Waals surface area contributed by atoms with Gasteiger partial charge in [0, 0.05) is 29.1 Å². The SMILES string of the molecule is Cc1csc(CCn2c(N)nc3cc(Cl)ccc32)n1. The van der Waals surface area contributed by atoms with Crippen molar-refractivity contribution in [3.63, 3.8) is 0 Å². The summed E-state index contributed by atoms with van der Waals surface area (Å²) in [5, 5.41) is 3.85. The molecule has 0 atom stereocenters. The highest BCUT2D eigenvalue weighted by molar-refractivity contribution is 7.09. The Kier molecular flexibility index (Phi) is 3.16. The monoisotopic (exact) mass is 292 g/mol. The van der Waals surface area contributed by atoms with Crippen molar-refractivity contribution in [2.45, 2.75) is 19.9 Å². The Hall–Kier alpha value is -1.59. The summed E-state index contributed by atoms with van der Waals surface area (Å²) in [7, 11) is 0. The van der Waals surface area contributed by atoms with Crippen molar-refractivity contribution in [1.29, 1.82) is 0 Å². The number of hydrogen-bond donors (Lipinski definition) is 1. The number of aromatic nitrogens is 3. The van der Waals surface area contributed by atoms with Crippen molar-refractivity contribution in [2.24, 2.45) is 0 Å². The maximum Gasteiger partial charge on any atom is 0.201 e. The van der Waals surface area contributed by atoms with Gasteiger partial charge in [-0.1, -0.05) is 11.6 Å². The van der Waals surface area contributed by atoms with Crippen LogP contribution in [-0.4, -0.2) is 14.5 Å². The highest BCUT2D eigenvalue weighted by Crippen LogP contribution is 2.22. The van der Waals surface area contributed by atoms with E-state index < -0.39 is 0 Å². The first-order chi connectivity index (χ1) is 9.13. The van der Waals surface area contributed by atoms with E-state index in [0.717, 1.165) is 34.7 Å². The van der Waals surface area contributed by atoms with Crippen molar-refractivity contribution in [3.05, 3.63) is 39.3 Å². The van der Waals surface area contributed by atoms with Gasteiger partial charge in [-0.15, -0.1) is 11.3 Å². The number of hydrogen-bond acceptors (Lipinski definition) is 4. The Labute approximate surface area is 119 Å². The number of anilines is 1. The van der Waals surface area contributed by atoms with Crippen molar-refractivity contribution >= 4 is 39.9 Å². The summed E-state index contributed by atoms with van der Waals surface area (Å²) in [6.45, 7) is 2.78. The molecule has 0 fully saturated rings. The zero-order valence-corrected chi connectivity index (χ0v) is 12.0. The molecule has 0 saturated carbocycles. The molecule has 4 nitrogen and oxygen atoms in total. The maximum atomic E-state index is 5.96. The van der Waals surface area contributed by atoms with Crippen LogP contribution in [0.2, 0.25) is 5.02 Å². The van der Waals surface area contributed by atoms with Crippen molar-refractivity contribution in [3.8, 4) is 0 Å². The molecule has 0 aliphatic rings. The Morgan fingerprint density at radius 1 is 1.37 bits per heavy atom. The molecule has 2 aromatic heterocycles. The van der Waals surface area contributed by atoms with Crippen molar-refractivity contribution in [2.75, 3.05) is 5.73 Å². The quantitative estimate of drug-likeness (QED) is 0.806. The molecular weight excluding hydrogens is 280 g/mol. The van der Waals surface area contributed by atoms with Crippen LogP contribution in [0.15, 0.2) is 23.6 Å². The highest BCUT2D eigenvalue weighted by atomic mass is 35.5. The fourth-order valence-corrected chi connectivity index (χ4v) is 3.01. The first-order valence-electron chi connectivity index (χ1n) is 5.96. The molecule has 3 aromatic rings. The minimum absolute atomic E-state index is 0.519. The van der Waals surface area contributed by atoms with E-state index in [4.69, 9.17) is 17.3 Å². The van der Waals surface area contributed by atoms with Crippen LogP contribution in [0.5, 0.6) is 0 Å². The van der Waals surface area contributed by atoms with Gasteiger partial charge in [-0.2, -0.15) is 0 Å². The highest BCUT2D eigenvalue weighted by Gasteiger charge is 2.09. The van der Waals surface area contributed by atoms with E-state index in [-0.39, 0.29) is 0 Å². The molecule has 0 aliphatic carbocycles. The first-order valence-corrected chi connectivity index (χ1v) is 7.21. The number of nitrogen functional groups attached to an aromatic ring is 1. The molecule has 6 heteroatoms. The van der Waals surface area contributed by atoms with Gasteiger partial charge in [0.2, 0.25) is 5.95 Å². The second kappa shape index (κ2) is 4.83. The second-order valence-electron chi connectivity index (χ2n) is 4.39. The van der Waals surface area contributed by atoms with Gasteiger partial charge in [0.05, 0.1) is 16.0 Å². The summed E-state index contributed by atoms with van der Waals surface area (Å²) in [4.78, 5) is 8.79. The van der Waals surface area contributed by atoms with Crippen LogP contribution < -0.4 is 5.73 Å². The number of nitrogens with zero attached hydrogens (tertiary/aromatic N) is 3. The van der Waals surface area contributed by atoms with Gasteiger partial charge >= 0.3 is 0 Å². The summed E-state index contributed by atoms with van der Waals surface area (Å²) >= 11 is 7.64. The largest absolute Gasteiger partial charge is 0.369 e. The van der Waals surface area contributed by atoms with Crippen LogP contribution in [0.4, 0.5) is 5.95 Å². The predicted octanol–water partition coefficient (Wildman–Crippen LogP) is 3.28. The third kappa shape index (κ3) is 2.43. The van der Waals surface area contributed by atoms with Crippen LogP contribution in [0.25, 0.3) is 11.0 Å². The van der Waals surface area contributed by atoms with Crippen LogP contribution >= 0.6 is 22.9 Å². The molecule has 0 saturated heterocycles. The van der Waals surface area contributed by atoms with Gasteiger partial charge < -0.3 is 10.3 Å². The Bertz CT molecular complexity index is 731. The molecule has 0 radical (unpaired) electrons. The molecule has 19 heavy (non-hydrogen) atoms. The van der Waals surface area contributed by atoms with E-state index in [0.29, 0.717) is 11.0 Å². The number of halogens is 1. The average molecular weight is 293 g/mol. The molecule has 98 valence electrons.